The van der Waals surface area contributed by atoms with Crippen molar-refractivity contribution in [3.05, 3.63) is 18.2 Å². The Hall–Kier alpha value is -1.71. The topological polar surface area (TPSA) is 33.5 Å². The van der Waals surface area contributed by atoms with Crippen LogP contribution in [0.2, 0.25) is 0 Å². The molecule has 0 radical (unpaired) electrons. The second kappa shape index (κ2) is 3.57. The predicted molar refractivity (Wildman–Crippen MR) is 54.4 cm³/mol. The molecule has 0 spiro atoms. The van der Waals surface area contributed by atoms with Crippen LogP contribution in [0.25, 0.3) is 0 Å². The maximum Gasteiger partial charge on any atom is 0.236 e. The zero-order valence-electron chi connectivity index (χ0n) is 8.28. The van der Waals surface area contributed by atoms with E-state index < -0.39 is 0 Å². The largest absolute Gasteiger partial charge is 0.454 e. The molecule has 1 aliphatic rings. The number of rotatable bonds is 2. The summed E-state index contributed by atoms with van der Waals surface area (Å²) >= 11 is 0. The molecule has 4 heteroatoms. The van der Waals surface area contributed by atoms with Gasteiger partial charge in [0.25, 0.3) is 0 Å². The second-order valence-electron chi connectivity index (χ2n) is 3.31. The lowest BCUT2D eigenvalue weighted by Gasteiger charge is -1.97. The zero-order valence-corrected chi connectivity index (χ0v) is 8.28. The molecule has 0 saturated carbocycles. The maximum atomic E-state index is 5.26. The molecule has 0 atom stereocenters. The van der Waals surface area contributed by atoms with Gasteiger partial charge in [0.05, 0.1) is 14.1 Å². The van der Waals surface area contributed by atoms with Crippen molar-refractivity contribution in [2.45, 2.75) is 0 Å². The number of nitrogens with one attached hydrogen (secondary N) is 1. The van der Waals surface area contributed by atoms with Gasteiger partial charge in [0.2, 0.25) is 13.1 Å². The van der Waals surface area contributed by atoms with Gasteiger partial charge in [0.1, 0.15) is 5.69 Å². The molecule has 0 amide bonds. The van der Waals surface area contributed by atoms with E-state index in [9.17, 15) is 0 Å². The van der Waals surface area contributed by atoms with Crippen LogP contribution in [-0.2, 0) is 0 Å². The van der Waals surface area contributed by atoms with Gasteiger partial charge in [0, 0.05) is 6.07 Å². The van der Waals surface area contributed by atoms with E-state index in [1.54, 1.807) is 0 Å². The summed E-state index contributed by atoms with van der Waals surface area (Å²) in [6.45, 7) is 0.316. The third-order valence-electron chi connectivity index (χ3n) is 1.86. The molecule has 0 unspecified atom stereocenters. The number of nitrogens with zero attached hydrogens (tertiary/aromatic N) is 1. The average Bonchev–Trinajstić information content (AvgIpc) is 2.61. The summed E-state index contributed by atoms with van der Waals surface area (Å²) in [4.78, 5) is 0. The van der Waals surface area contributed by atoms with Gasteiger partial charge in [-0.15, -0.1) is 0 Å². The van der Waals surface area contributed by atoms with Crippen molar-refractivity contribution < 1.29 is 14.0 Å². The molecule has 0 aliphatic carbocycles. The first kappa shape index (κ1) is 8.87. The first-order valence-electron chi connectivity index (χ1n) is 4.41. The molecular weight excluding hydrogens is 180 g/mol. The SMILES string of the molecule is C[N+](C)=CNc1ccc2c(c1)OCO2. The summed E-state index contributed by atoms with van der Waals surface area (Å²) in [7, 11) is 3.92. The third-order valence-corrected chi connectivity index (χ3v) is 1.86. The molecule has 14 heavy (non-hydrogen) atoms. The fraction of sp³-hybridized carbons (Fsp3) is 0.300. The van der Waals surface area contributed by atoms with Gasteiger partial charge < -0.3 is 9.47 Å². The molecule has 0 fully saturated rings. The molecule has 2 rings (SSSR count). The first-order chi connectivity index (χ1) is 6.75. The van der Waals surface area contributed by atoms with E-state index in [1.165, 1.54) is 0 Å². The number of anilines is 1. The molecule has 1 aromatic carbocycles. The van der Waals surface area contributed by atoms with E-state index in [0.717, 1.165) is 17.2 Å². The van der Waals surface area contributed by atoms with Gasteiger partial charge in [-0.3, -0.25) is 4.58 Å². The van der Waals surface area contributed by atoms with Crippen molar-refractivity contribution >= 4 is 12.0 Å². The molecule has 4 nitrogen and oxygen atoms in total. The fourth-order valence-electron chi connectivity index (χ4n) is 1.19. The Labute approximate surface area is 82.8 Å². The number of hydrogen-bond acceptors (Lipinski definition) is 2. The van der Waals surface area contributed by atoms with Crippen LogP contribution in [0.1, 0.15) is 0 Å². The summed E-state index contributed by atoms with van der Waals surface area (Å²) in [5, 5.41) is 3.14. The quantitative estimate of drug-likeness (QED) is 0.434. The molecule has 1 aromatic rings. The van der Waals surface area contributed by atoms with Crippen molar-refractivity contribution in [3.63, 3.8) is 0 Å². The molecule has 0 saturated heterocycles. The van der Waals surface area contributed by atoms with Crippen molar-refractivity contribution in [1.82, 2.24) is 0 Å². The van der Waals surface area contributed by atoms with Crippen LogP contribution in [0.5, 0.6) is 11.5 Å². The predicted octanol–water partition coefficient (Wildman–Crippen LogP) is 1.13. The average molecular weight is 193 g/mol. The fourth-order valence-corrected chi connectivity index (χ4v) is 1.19. The smallest absolute Gasteiger partial charge is 0.236 e. The van der Waals surface area contributed by atoms with Gasteiger partial charge in [-0.25, -0.2) is 5.32 Å². The maximum absolute atomic E-state index is 5.26. The van der Waals surface area contributed by atoms with Gasteiger partial charge in [-0.1, -0.05) is 0 Å². The summed E-state index contributed by atoms with van der Waals surface area (Å²) in [6.07, 6.45) is 1.87. The Morgan fingerprint density at radius 1 is 1.29 bits per heavy atom. The lowest BCUT2D eigenvalue weighted by Crippen LogP contribution is -2.06. The van der Waals surface area contributed by atoms with Gasteiger partial charge in [-0.05, 0) is 12.1 Å². The first-order valence-corrected chi connectivity index (χ1v) is 4.41. The van der Waals surface area contributed by atoms with Crippen LogP contribution in [-0.4, -0.2) is 31.8 Å². The highest BCUT2D eigenvalue weighted by Gasteiger charge is 2.13. The van der Waals surface area contributed by atoms with Crippen LogP contribution in [0.4, 0.5) is 5.69 Å². The zero-order chi connectivity index (χ0) is 9.97. The van der Waals surface area contributed by atoms with Crippen molar-refractivity contribution in [1.29, 1.82) is 0 Å². The minimum Gasteiger partial charge on any atom is -0.454 e. The molecule has 0 aromatic heterocycles. The highest BCUT2D eigenvalue weighted by atomic mass is 16.7. The van der Waals surface area contributed by atoms with E-state index in [1.807, 2.05) is 43.2 Å². The van der Waals surface area contributed by atoms with E-state index in [4.69, 9.17) is 9.47 Å². The van der Waals surface area contributed by atoms with Crippen LogP contribution in [0.15, 0.2) is 18.2 Å². The number of ether oxygens (including phenoxy) is 2. The number of hydrogen-bond donors (Lipinski definition) is 1. The summed E-state index contributed by atoms with van der Waals surface area (Å²) in [5.74, 6) is 1.60. The van der Waals surface area contributed by atoms with Gasteiger partial charge in [0.15, 0.2) is 11.5 Å². The Morgan fingerprint density at radius 3 is 2.86 bits per heavy atom. The molecule has 1 N–H and O–H groups in total. The number of fused-ring (bicyclic) bond motifs is 1. The Bertz CT molecular complexity index is 370. The lowest BCUT2D eigenvalue weighted by atomic mass is 10.3. The van der Waals surface area contributed by atoms with Crippen molar-refractivity contribution in [3.8, 4) is 11.5 Å². The van der Waals surface area contributed by atoms with Crippen molar-refractivity contribution in [2.75, 3.05) is 26.2 Å². The Kier molecular flexibility index (Phi) is 2.26. The minimum atomic E-state index is 0.316. The van der Waals surface area contributed by atoms with E-state index in [2.05, 4.69) is 5.32 Å². The molecule has 0 bridgehead atoms. The van der Waals surface area contributed by atoms with Gasteiger partial charge >= 0.3 is 0 Å². The highest BCUT2D eigenvalue weighted by Crippen LogP contribution is 2.33. The summed E-state index contributed by atoms with van der Waals surface area (Å²) < 4.78 is 12.4. The number of benzene rings is 1. The van der Waals surface area contributed by atoms with E-state index >= 15 is 0 Å². The van der Waals surface area contributed by atoms with E-state index in [0.29, 0.717) is 6.79 Å². The minimum absolute atomic E-state index is 0.316. The Morgan fingerprint density at radius 2 is 2.07 bits per heavy atom. The summed E-state index contributed by atoms with van der Waals surface area (Å²) in [5.41, 5.74) is 0.989. The monoisotopic (exact) mass is 193 g/mol. The van der Waals surface area contributed by atoms with Gasteiger partial charge in [-0.2, -0.15) is 0 Å². The van der Waals surface area contributed by atoms with Crippen LogP contribution in [0, 0.1) is 0 Å². The Balaban J connectivity index is 2.17. The molecule has 74 valence electrons. The van der Waals surface area contributed by atoms with E-state index in [-0.39, 0.29) is 0 Å². The second-order valence-corrected chi connectivity index (χ2v) is 3.31. The van der Waals surface area contributed by atoms with Crippen LogP contribution < -0.4 is 14.8 Å². The molecule has 1 heterocycles. The standard InChI is InChI=1S/C10H12N2O2/c1-12(2)6-11-8-3-4-9-10(5-8)14-7-13-9/h3-6H,7H2,1-2H3/p+1. The van der Waals surface area contributed by atoms with Crippen LogP contribution >= 0.6 is 0 Å². The third kappa shape index (κ3) is 1.79. The summed E-state index contributed by atoms with van der Waals surface area (Å²) in [6, 6.07) is 5.77. The normalized spacial score (nSPS) is 12.4. The highest BCUT2D eigenvalue weighted by molar-refractivity contribution is 5.73. The van der Waals surface area contributed by atoms with Crippen LogP contribution in [0.3, 0.4) is 0 Å². The lowest BCUT2D eigenvalue weighted by molar-refractivity contribution is -0.459. The molecular formula is C10H13N2O2+. The molecule has 1 aliphatic heterocycles. The van der Waals surface area contributed by atoms with Crippen molar-refractivity contribution in [2.24, 2.45) is 0 Å².